The molecule has 5 heteroatoms. The SMILES string of the molecule is COc1ccc2oc(=O)c(C(C)=NO)cc2c1. The molecule has 1 heterocycles. The highest BCUT2D eigenvalue weighted by molar-refractivity contribution is 6.00. The minimum Gasteiger partial charge on any atom is -0.497 e. The number of oxime groups is 1. The molecule has 1 N–H and O–H groups in total. The second kappa shape index (κ2) is 4.29. The summed E-state index contributed by atoms with van der Waals surface area (Å²) in [6, 6.07) is 6.72. The molecule has 0 bridgehead atoms. The summed E-state index contributed by atoms with van der Waals surface area (Å²) in [5.74, 6) is 0.663. The van der Waals surface area contributed by atoms with E-state index in [2.05, 4.69) is 5.16 Å². The van der Waals surface area contributed by atoms with E-state index in [1.165, 1.54) is 6.92 Å². The van der Waals surface area contributed by atoms with E-state index in [4.69, 9.17) is 14.4 Å². The maximum absolute atomic E-state index is 11.6. The van der Waals surface area contributed by atoms with Crippen molar-refractivity contribution >= 4 is 16.7 Å². The smallest absolute Gasteiger partial charge is 0.345 e. The molecule has 2 aromatic rings. The van der Waals surface area contributed by atoms with Gasteiger partial charge >= 0.3 is 5.63 Å². The van der Waals surface area contributed by atoms with E-state index in [0.717, 1.165) is 0 Å². The molecule has 0 spiro atoms. The van der Waals surface area contributed by atoms with E-state index in [0.29, 0.717) is 16.7 Å². The summed E-state index contributed by atoms with van der Waals surface area (Å²) < 4.78 is 10.2. The van der Waals surface area contributed by atoms with Gasteiger partial charge in [0.1, 0.15) is 11.3 Å². The van der Waals surface area contributed by atoms with Gasteiger partial charge in [-0.2, -0.15) is 0 Å². The summed E-state index contributed by atoms with van der Waals surface area (Å²) in [5.41, 5.74) is 0.375. The lowest BCUT2D eigenvalue weighted by Crippen LogP contribution is -2.11. The topological polar surface area (TPSA) is 72.0 Å². The molecule has 0 amide bonds. The Kier molecular flexibility index (Phi) is 2.82. The predicted molar refractivity (Wildman–Crippen MR) is 63.0 cm³/mol. The van der Waals surface area contributed by atoms with Crippen molar-refractivity contribution in [2.75, 3.05) is 7.11 Å². The molecule has 5 nitrogen and oxygen atoms in total. The minimum atomic E-state index is -0.530. The molecule has 1 aromatic heterocycles. The van der Waals surface area contributed by atoms with Crippen LogP contribution in [0.3, 0.4) is 0 Å². The Morgan fingerprint density at radius 2 is 2.18 bits per heavy atom. The van der Waals surface area contributed by atoms with Gasteiger partial charge in [-0.15, -0.1) is 0 Å². The normalized spacial score (nSPS) is 11.8. The Labute approximate surface area is 96.9 Å². The molecule has 0 saturated carbocycles. The highest BCUT2D eigenvalue weighted by Crippen LogP contribution is 2.20. The van der Waals surface area contributed by atoms with Crippen LogP contribution in [0.1, 0.15) is 12.5 Å². The molecule has 17 heavy (non-hydrogen) atoms. The third kappa shape index (κ3) is 1.99. The molecule has 0 fully saturated rings. The van der Waals surface area contributed by atoms with E-state index < -0.39 is 5.63 Å². The van der Waals surface area contributed by atoms with Crippen molar-refractivity contribution in [3.63, 3.8) is 0 Å². The summed E-state index contributed by atoms with van der Waals surface area (Å²) >= 11 is 0. The number of ether oxygens (including phenoxy) is 1. The molecule has 0 atom stereocenters. The summed E-state index contributed by atoms with van der Waals surface area (Å²) in [5, 5.41) is 12.4. The van der Waals surface area contributed by atoms with E-state index in [9.17, 15) is 4.79 Å². The van der Waals surface area contributed by atoms with Crippen LogP contribution in [-0.4, -0.2) is 18.0 Å². The molecule has 1 aromatic carbocycles. The Hall–Kier alpha value is -2.30. The van der Waals surface area contributed by atoms with Crippen LogP contribution in [0, 0.1) is 0 Å². The number of nitrogens with zero attached hydrogens (tertiary/aromatic N) is 1. The van der Waals surface area contributed by atoms with Gasteiger partial charge in [-0.05, 0) is 31.2 Å². The molecule has 0 saturated heterocycles. The Bertz CT molecular complexity index is 642. The number of hydrogen-bond acceptors (Lipinski definition) is 5. The minimum absolute atomic E-state index is 0.212. The fourth-order valence-electron chi connectivity index (χ4n) is 1.53. The van der Waals surface area contributed by atoms with Gasteiger partial charge in [0.05, 0.1) is 18.4 Å². The highest BCUT2D eigenvalue weighted by atomic mass is 16.5. The molecule has 0 aliphatic rings. The van der Waals surface area contributed by atoms with Crippen molar-refractivity contribution in [2.24, 2.45) is 5.16 Å². The quantitative estimate of drug-likeness (QED) is 0.372. The number of rotatable bonds is 2. The lowest BCUT2D eigenvalue weighted by atomic mass is 10.1. The third-order valence-electron chi connectivity index (χ3n) is 2.48. The van der Waals surface area contributed by atoms with Gasteiger partial charge in [-0.3, -0.25) is 0 Å². The van der Waals surface area contributed by atoms with Gasteiger partial charge in [0.15, 0.2) is 0 Å². The zero-order valence-electron chi connectivity index (χ0n) is 9.43. The number of hydrogen-bond donors (Lipinski definition) is 1. The number of methoxy groups -OCH3 is 1. The molecule has 0 aliphatic heterocycles. The van der Waals surface area contributed by atoms with E-state index in [-0.39, 0.29) is 11.3 Å². The van der Waals surface area contributed by atoms with Crippen molar-refractivity contribution in [3.8, 4) is 5.75 Å². The summed E-state index contributed by atoms with van der Waals surface area (Å²) in [6.45, 7) is 1.53. The van der Waals surface area contributed by atoms with Gasteiger partial charge in [0.25, 0.3) is 0 Å². The van der Waals surface area contributed by atoms with Crippen LogP contribution in [0.2, 0.25) is 0 Å². The summed E-state index contributed by atoms with van der Waals surface area (Å²) in [4.78, 5) is 11.6. The van der Waals surface area contributed by atoms with Gasteiger partial charge < -0.3 is 14.4 Å². The zero-order valence-corrected chi connectivity index (χ0v) is 9.43. The van der Waals surface area contributed by atoms with Crippen LogP contribution >= 0.6 is 0 Å². The Morgan fingerprint density at radius 3 is 2.82 bits per heavy atom. The summed E-state index contributed by atoms with van der Waals surface area (Å²) in [6.07, 6.45) is 0. The van der Waals surface area contributed by atoms with Crippen LogP contribution in [-0.2, 0) is 0 Å². The van der Waals surface area contributed by atoms with Crippen LogP contribution in [0.4, 0.5) is 0 Å². The largest absolute Gasteiger partial charge is 0.497 e. The maximum atomic E-state index is 11.6. The third-order valence-corrected chi connectivity index (χ3v) is 2.48. The van der Waals surface area contributed by atoms with Crippen molar-refractivity contribution in [1.82, 2.24) is 0 Å². The Balaban J connectivity index is 2.73. The van der Waals surface area contributed by atoms with Crippen molar-refractivity contribution < 1.29 is 14.4 Å². The van der Waals surface area contributed by atoms with Crippen molar-refractivity contribution in [1.29, 1.82) is 0 Å². The molecule has 88 valence electrons. The van der Waals surface area contributed by atoms with Crippen LogP contribution in [0.15, 0.2) is 38.6 Å². The molecule has 2 rings (SSSR count). The van der Waals surface area contributed by atoms with Gasteiger partial charge in [-0.25, -0.2) is 4.79 Å². The number of fused-ring (bicyclic) bond motifs is 1. The highest BCUT2D eigenvalue weighted by Gasteiger charge is 2.09. The predicted octanol–water partition coefficient (Wildman–Crippen LogP) is 2.00. The molecule has 0 radical (unpaired) electrons. The van der Waals surface area contributed by atoms with Gasteiger partial charge in [0, 0.05) is 5.39 Å². The first kappa shape index (κ1) is 11.2. The van der Waals surface area contributed by atoms with E-state index in [1.807, 2.05) is 0 Å². The Morgan fingerprint density at radius 1 is 1.41 bits per heavy atom. The summed E-state index contributed by atoms with van der Waals surface area (Å²) in [7, 11) is 1.56. The van der Waals surface area contributed by atoms with Gasteiger partial charge in [-0.1, -0.05) is 5.16 Å². The van der Waals surface area contributed by atoms with Crippen LogP contribution < -0.4 is 10.4 Å². The first-order valence-electron chi connectivity index (χ1n) is 4.96. The fraction of sp³-hybridized carbons (Fsp3) is 0.167. The lowest BCUT2D eigenvalue weighted by Gasteiger charge is -2.03. The van der Waals surface area contributed by atoms with Gasteiger partial charge in [0.2, 0.25) is 0 Å². The van der Waals surface area contributed by atoms with E-state index >= 15 is 0 Å². The first-order chi connectivity index (χ1) is 8.15. The molecule has 0 aliphatic carbocycles. The van der Waals surface area contributed by atoms with Crippen LogP contribution in [0.25, 0.3) is 11.0 Å². The molecular formula is C12H11NO4. The standard InChI is InChI=1S/C12H11NO4/c1-7(13-15)10-6-8-5-9(16-2)3-4-11(8)17-12(10)14/h3-6,15H,1-2H3. The number of benzene rings is 1. The molecule has 0 unspecified atom stereocenters. The van der Waals surface area contributed by atoms with Crippen LogP contribution in [0.5, 0.6) is 5.75 Å². The van der Waals surface area contributed by atoms with Crippen molar-refractivity contribution in [3.05, 3.63) is 40.2 Å². The lowest BCUT2D eigenvalue weighted by molar-refractivity contribution is 0.319. The average Bonchev–Trinajstić information content (AvgIpc) is 2.36. The maximum Gasteiger partial charge on any atom is 0.345 e. The monoisotopic (exact) mass is 233 g/mol. The first-order valence-corrected chi connectivity index (χ1v) is 4.96. The second-order valence-corrected chi connectivity index (χ2v) is 3.54. The molecular weight excluding hydrogens is 222 g/mol. The average molecular weight is 233 g/mol. The zero-order chi connectivity index (χ0) is 12.4. The fourth-order valence-corrected chi connectivity index (χ4v) is 1.53. The second-order valence-electron chi connectivity index (χ2n) is 3.54. The van der Waals surface area contributed by atoms with Crippen molar-refractivity contribution in [2.45, 2.75) is 6.92 Å². The van der Waals surface area contributed by atoms with E-state index in [1.54, 1.807) is 31.4 Å².